The van der Waals surface area contributed by atoms with Gasteiger partial charge in [0.15, 0.2) is 0 Å². The fraction of sp³-hybridized carbons (Fsp3) is 0.778. The predicted octanol–water partition coefficient (Wildman–Crippen LogP) is 7.08. The van der Waals surface area contributed by atoms with Crippen LogP contribution < -0.4 is 0 Å². The molecule has 8 atom stereocenters. The van der Waals surface area contributed by atoms with Crippen molar-refractivity contribution in [3.8, 4) is 0 Å². The average Bonchev–Trinajstić information content (AvgIpc) is 3.03. The van der Waals surface area contributed by atoms with Gasteiger partial charge in [0.05, 0.1) is 6.10 Å². The molecule has 0 radical (unpaired) electrons. The number of hydrogen-bond donors (Lipinski definition) is 1. The molecule has 1 N–H and O–H groups in total. The third kappa shape index (κ3) is 3.17. The molecule has 3 fully saturated rings. The van der Waals surface area contributed by atoms with E-state index in [4.69, 9.17) is 0 Å². The van der Waals surface area contributed by atoms with Crippen LogP contribution in [0.15, 0.2) is 35.5 Å². The molecule has 0 spiro atoms. The molecular weight excluding hydrogens is 340 g/mol. The first-order valence-electron chi connectivity index (χ1n) is 12.1. The lowest BCUT2D eigenvalue weighted by Crippen LogP contribution is -2.46. The van der Waals surface area contributed by atoms with Gasteiger partial charge in [-0.25, -0.2) is 0 Å². The fourth-order valence-electron chi connectivity index (χ4n) is 7.52. The van der Waals surface area contributed by atoms with Crippen molar-refractivity contribution in [2.75, 3.05) is 0 Å². The first kappa shape index (κ1) is 20.5. The average molecular weight is 383 g/mol. The van der Waals surface area contributed by atoms with Gasteiger partial charge >= 0.3 is 0 Å². The topological polar surface area (TPSA) is 20.2 Å². The maximum absolute atomic E-state index is 10.2. The quantitative estimate of drug-likeness (QED) is 0.515. The van der Waals surface area contributed by atoms with E-state index in [1.54, 1.807) is 5.57 Å². The number of aliphatic hydroxyl groups excluding tert-OH is 1. The summed E-state index contributed by atoms with van der Waals surface area (Å²) in [6.45, 7) is 12.2. The van der Waals surface area contributed by atoms with Crippen LogP contribution in [0.3, 0.4) is 0 Å². The van der Waals surface area contributed by atoms with Gasteiger partial charge in [-0.3, -0.25) is 0 Å². The van der Waals surface area contributed by atoms with Gasteiger partial charge in [0, 0.05) is 0 Å². The van der Waals surface area contributed by atoms with E-state index >= 15 is 0 Å². The Morgan fingerprint density at radius 2 is 1.82 bits per heavy atom. The molecule has 0 saturated heterocycles. The Balaban J connectivity index is 1.59. The van der Waals surface area contributed by atoms with Crippen molar-refractivity contribution < 1.29 is 5.11 Å². The lowest BCUT2D eigenvalue weighted by atomic mass is 9.50. The Morgan fingerprint density at radius 3 is 2.57 bits per heavy atom. The summed E-state index contributed by atoms with van der Waals surface area (Å²) in [4.78, 5) is 0. The first-order valence-corrected chi connectivity index (χ1v) is 12.1. The van der Waals surface area contributed by atoms with Crippen LogP contribution in [0.4, 0.5) is 0 Å². The standard InChI is InChI=1S/C27H42O/c1-6-18(2)7-8-19(3)23-11-12-24-22-10-9-20-17-21(28)13-15-26(20,4)25(22)14-16-27(23,24)5/h7-10,18-19,21,23-25,28H,6,11-17H2,1-5H3/b8-7+/t18-,19-,21+,23-,24+,25+,26+,27-/m1/s1. The maximum Gasteiger partial charge on any atom is 0.0578 e. The van der Waals surface area contributed by atoms with Crippen molar-refractivity contribution in [3.05, 3.63) is 35.5 Å². The summed E-state index contributed by atoms with van der Waals surface area (Å²) < 4.78 is 0. The molecule has 0 amide bonds. The van der Waals surface area contributed by atoms with E-state index in [0.717, 1.165) is 30.6 Å². The highest BCUT2D eigenvalue weighted by atomic mass is 16.3. The lowest BCUT2D eigenvalue weighted by molar-refractivity contribution is 0.0382. The normalized spacial score (nSPS) is 44.9. The van der Waals surface area contributed by atoms with Crippen molar-refractivity contribution in [2.24, 2.45) is 40.4 Å². The third-order valence-corrected chi connectivity index (χ3v) is 9.64. The van der Waals surface area contributed by atoms with Crippen molar-refractivity contribution in [3.63, 3.8) is 0 Å². The van der Waals surface area contributed by atoms with Gasteiger partial charge in [0.25, 0.3) is 0 Å². The molecule has 4 aliphatic carbocycles. The van der Waals surface area contributed by atoms with Gasteiger partial charge in [0.1, 0.15) is 0 Å². The Morgan fingerprint density at radius 1 is 1.04 bits per heavy atom. The van der Waals surface area contributed by atoms with Crippen LogP contribution in [0.25, 0.3) is 0 Å². The number of allylic oxidation sites excluding steroid dienone is 5. The van der Waals surface area contributed by atoms with Crippen molar-refractivity contribution in [2.45, 2.75) is 92.1 Å². The molecule has 1 nitrogen and oxygen atoms in total. The molecular formula is C27H42O. The minimum atomic E-state index is -0.114. The molecule has 1 heteroatoms. The molecule has 28 heavy (non-hydrogen) atoms. The summed E-state index contributed by atoms with van der Waals surface area (Å²) >= 11 is 0. The number of aliphatic hydroxyl groups is 1. The fourth-order valence-corrected chi connectivity index (χ4v) is 7.52. The van der Waals surface area contributed by atoms with Crippen LogP contribution >= 0.6 is 0 Å². The van der Waals surface area contributed by atoms with Crippen molar-refractivity contribution >= 4 is 0 Å². The van der Waals surface area contributed by atoms with Crippen molar-refractivity contribution in [1.82, 2.24) is 0 Å². The summed E-state index contributed by atoms with van der Waals surface area (Å²) in [5, 5.41) is 10.2. The Hall–Kier alpha value is -0.820. The van der Waals surface area contributed by atoms with Gasteiger partial charge in [0.2, 0.25) is 0 Å². The number of fused-ring (bicyclic) bond motifs is 5. The molecule has 0 bridgehead atoms. The molecule has 156 valence electrons. The highest BCUT2D eigenvalue weighted by molar-refractivity contribution is 5.39. The molecule has 0 aliphatic heterocycles. The molecule has 0 aromatic heterocycles. The van der Waals surface area contributed by atoms with E-state index in [1.165, 1.54) is 44.1 Å². The van der Waals surface area contributed by atoms with E-state index in [9.17, 15) is 5.11 Å². The minimum Gasteiger partial charge on any atom is -0.393 e. The molecule has 4 rings (SSSR count). The van der Waals surface area contributed by atoms with E-state index in [2.05, 4.69) is 58.9 Å². The Labute approximate surface area is 173 Å². The zero-order valence-electron chi connectivity index (χ0n) is 18.9. The van der Waals surface area contributed by atoms with Gasteiger partial charge in [-0.1, -0.05) is 76.5 Å². The van der Waals surface area contributed by atoms with Gasteiger partial charge in [-0.15, -0.1) is 0 Å². The van der Waals surface area contributed by atoms with Crippen LogP contribution in [0.5, 0.6) is 0 Å². The summed E-state index contributed by atoms with van der Waals surface area (Å²) in [7, 11) is 0. The molecule has 0 aromatic rings. The molecule has 0 heterocycles. The SMILES string of the molecule is CC[C@@H](C)/C=C/[C@@H](C)[C@H]1CC[C@H]2C3=CC=C4C[C@@H](O)CC[C@]4(C)[C@H]3CC[C@]12C. The van der Waals surface area contributed by atoms with Crippen LogP contribution in [-0.4, -0.2) is 11.2 Å². The molecule has 3 saturated carbocycles. The maximum atomic E-state index is 10.2. The van der Waals surface area contributed by atoms with E-state index in [1.807, 2.05) is 0 Å². The second-order valence-corrected chi connectivity index (χ2v) is 11.1. The summed E-state index contributed by atoms with van der Waals surface area (Å²) in [5.74, 6) is 3.72. The van der Waals surface area contributed by atoms with Crippen LogP contribution in [0, 0.1) is 40.4 Å². The molecule has 4 aliphatic rings. The van der Waals surface area contributed by atoms with Gasteiger partial charge in [-0.05, 0) is 85.4 Å². The van der Waals surface area contributed by atoms with Crippen molar-refractivity contribution in [1.29, 1.82) is 0 Å². The van der Waals surface area contributed by atoms with E-state index in [0.29, 0.717) is 22.7 Å². The number of rotatable bonds is 4. The van der Waals surface area contributed by atoms with Crippen LogP contribution in [0.2, 0.25) is 0 Å². The zero-order chi connectivity index (χ0) is 20.1. The predicted molar refractivity (Wildman–Crippen MR) is 119 cm³/mol. The van der Waals surface area contributed by atoms with E-state index < -0.39 is 0 Å². The summed E-state index contributed by atoms with van der Waals surface area (Å²) in [6.07, 6.45) is 19.6. The summed E-state index contributed by atoms with van der Waals surface area (Å²) in [6, 6.07) is 0. The number of hydrogen-bond acceptors (Lipinski definition) is 1. The van der Waals surface area contributed by atoms with Gasteiger partial charge in [-0.2, -0.15) is 0 Å². The molecule has 0 aromatic carbocycles. The molecule has 0 unspecified atom stereocenters. The summed E-state index contributed by atoms with van der Waals surface area (Å²) in [5.41, 5.74) is 4.09. The second kappa shape index (κ2) is 7.46. The smallest absolute Gasteiger partial charge is 0.0578 e. The minimum absolute atomic E-state index is 0.114. The monoisotopic (exact) mass is 382 g/mol. The first-order chi connectivity index (χ1) is 13.3. The van der Waals surface area contributed by atoms with Gasteiger partial charge < -0.3 is 5.11 Å². The highest BCUT2D eigenvalue weighted by Crippen LogP contribution is 2.65. The Kier molecular flexibility index (Phi) is 5.45. The Bertz CT molecular complexity index is 684. The van der Waals surface area contributed by atoms with Crippen LogP contribution in [-0.2, 0) is 0 Å². The zero-order valence-corrected chi connectivity index (χ0v) is 18.9. The highest BCUT2D eigenvalue weighted by Gasteiger charge is 2.56. The third-order valence-electron chi connectivity index (χ3n) is 9.64. The lowest BCUT2D eigenvalue weighted by Gasteiger charge is -2.55. The van der Waals surface area contributed by atoms with E-state index in [-0.39, 0.29) is 6.10 Å². The largest absolute Gasteiger partial charge is 0.393 e. The van der Waals surface area contributed by atoms with Crippen LogP contribution in [0.1, 0.15) is 86.0 Å². The second-order valence-electron chi connectivity index (χ2n) is 11.1.